The smallest absolute Gasteiger partial charge is 0.282 e. The van der Waals surface area contributed by atoms with Gasteiger partial charge in [0, 0.05) is 11.8 Å². The first-order chi connectivity index (χ1) is 8.45. The highest BCUT2D eigenvalue weighted by atomic mass is 16.6. The van der Waals surface area contributed by atoms with Gasteiger partial charge in [-0.05, 0) is 26.0 Å². The van der Waals surface area contributed by atoms with Crippen molar-refractivity contribution in [3.05, 3.63) is 33.9 Å². The quantitative estimate of drug-likeness (QED) is 0.501. The summed E-state index contributed by atoms with van der Waals surface area (Å²) < 4.78 is 4.93. The second-order valence-electron chi connectivity index (χ2n) is 3.64. The largest absolute Gasteiger partial charge is 0.497 e. The zero-order chi connectivity index (χ0) is 13.7. The summed E-state index contributed by atoms with van der Waals surface area (Å²) in [6.07, 6.45) is 0. The number of ether oxygens (including phenoxy) is 1. The molecule has 0 bridgehead atoms. The zero-order valence-electron chi connectivity index (χ0n) is 10.3. The van der Waals surface area contributed by atoms with Gasteiger partial charge in [0.25, 0.3) is 11.6 Å². The van der Waals surface area contributed by atoms with Crippen molar-refractivity contribution in [1.82, 2.24) is 5.43 Å². The van der Waals surface area contributed by atoms with Crippen LogP contribution in [0.5, 0.6) is 5.75 Å². The van der Waals surface area contributed by atoms with Crippen molar-refractivity contribution < 1.29 is 14.5 Å². The van der Waals surface area contributed by atoms with Gasteiger partial charge in [0.2, 0.25) is 0 Å². The molecule has 0 fully saturated rings. The molecule has 0 unspecified atom stereocenters. The number of benzene rings is 1. The van der Waals surface area contributed by atoms with E-state index in [1.807, 2.05) is 0 Å². The Morgan fingerprint density at radius 3 is 2.61 bits per heavy atom. The van der Waals surface area contributed by atoms with E-state index in [0.29, 0.717) is 11.5 Å². The number of nitro groups is 1. The average Bonchev–Trinajstić information content (AvgIpc) is 2.34. The summed E-state index contributed by atoms with van der Waals surface area (Å²) in [6.45, 7) is 3.39. The molecule has 96 valence electrons. The van der Waals surface area contributed by atoms with Crippen LogP contribution in [0.3, 0.4) is 0 Å². The summed E-state index contributed by atoms with van der Waals surface area (Å²) in [5, 5.41) is 14.5. The van der Waals surface area contributed by atoms with Gasteiger partial charge in [0.05, 0.1) is 12.0 Å². The number of amides is 1. The first kappa shape index (κ1) is 13.6. The normalized spacial score (nSPS) is 9.50. The van der Waals surface area contributed by atoms with Gasteiger partial charge in [-0.15, -0.1) is 0 Å². The minimum atomic E-state index is -0.651. The molecule has 0 aromatic heterocycles. The summed E-state index contributed by atoms with van der Waals surface area (Å²) in [5.74, 6) is -0.287. The molecule has 0 spiro atoms. The van der Waals surface area contributed by atoms with Crippen LogP contribution in [0.25, 0.3) is 0 Å². The Morgan fingerprint density at radius 2 is 2.11 bits per heavy atom. The summed E-state index contributed by atoms with van der Waals surface area (Å²) in [7, 11) is 1.41. The summed E-state index contributed by atoms with van der Waals surface area (Å²) in [6, 6.07) is 3.94. The molecule has 0 radical (unpaired) electrons. The van der Waals surface area contributed by atoms with Crippen LogP contribution in [0, 0.1) is 10.1 Å². The van der Waals surface area contributed by atoms with Crippen molar-refractivity contribution >= 4 is 17.3 Å². The van der Waals surface area contributed by atoms with Crippen molar-refractivity contribution in [3.8, 4) is 5.75 Å². The van der Waals surface area contributed by atoms with Gasteiger partial charge in [0.15, 0.2) is 0 Å². The lowest BCUT2D eigenvalue weighted by Crippen LogP contribution is -2.19. The van der Waals surface area contributed by atoms with Crippen molar-refractivity contribution in [2.24, 2.45) is 5.10 Å². The SMILES string of the molecule is COc1ccc([N+](=O)[O-])c(C(=O)NN=C(C)C)c1. The molecule has 1 rings (SSSR count). The lowest BCUT2D eigenvalue weighted by Gasteiger charge is -2.04. The van der Waals surface area contributed by atoms with E-state index in [1.54, 1.807) is 13.8 Å². The first-order valence-corrected chi connectivity index (χ1v) is 5.09. The van der Waals surface area contributed by atoms with Crippen LogP contribution >= 0.6 is 0 Å². The number of hydrazone groups is 1. The number of methoxy groups -OCH3 is 1. The molecular formula is C11H13N3O4. The number of nitro benzene ring substituents is 1. The lowest BCUT2D eigenvalue weighted by molar-refractivity contribution is -0.385. The molecule has 0 saturated carbocycles. The van der Waals surface area contributed by atoms with Crippen molar-refractivity contribution in [2.45, 2.75) is 13.8 Å². The molecule has 0 heterocycles. The van der Waals surface area contributed by atoms with E-state index in [4.69, 9.17) is 4.74 Å². The van der Waals surface area contributed by atoms with E-state index >= 15 is 0 Å². The molecule has 1 aromatic carbocycles. The molecule has 7 heteroatoms. The summed E-state index contributed by atoms with van der Waals surface area (Å²) in [5.41, 5.74) is 2.48. The van der Waals surface area contributed by atoms with Gasteiger partial charge in [-0.2, -0.15) is 5.10 Å². The third-order valence-corrected chi connectivity index (χ3v) is 2.03. The van der Waals surface area contributed by atoms with Crippen LogP contribution in [0.4, 0.5) is 5.69 Å². The highest BCUT2D eigenvalue weighted by Gasteiger charge is 2.20. The number of nitrogens with one attached hydrogen (secondary N) is 1. The predicted molar refractivity (Wildman–Crippen MR) is 65.9 cm³/mol. The molecule has 0 saturated heterocycles. The molecule has 1 amide bonds. The summed E-state index contributed by atoms with van der Waals surface area (Å²) >= 11 is 0. The minimum absolute atomic E-state index is 0.0932. The van der Waals surface area contributed by atoms with Crippen LogP contribution in [0.15, 0.2) is 23.3 Å². The number of hydrogen-bond acceptors (Lipinski definition) is 5. The highest BCUT2D eigenvalue weighted by Crippen LogP contribution is 2.23. The summed E-state index contributed by atoms with van der Waals surface area (Å²) in [4.78, 5) is 21.9. The Kier molecular flexibility index (Phi) is 4.36. The topological polar surface area (TPSA) is 93.8 Å². The van der Waals surface area contributed by atoms with E-state index in [1.165, 1.54) is 25.3 Å². The lowest BCUT2D eigenvalue weighted by atomic mass is 10.1. The minimum Gasteiger partial charge on any atom is -0.497 e. The van der Waals surface area contributed by atoms with Crippen LogP contribution in [0.1, 0.15) is 24.2 Å². The molecule has 1 aromatic rings. The van der Waals surface area contributed by atoms with E-state index in [9.17, 15) is 14.9 Å². The van der Waals surface area contributed by atoms with Crippen LogP contribution < -0.4 is 10.2 Å². The third kappa shape index (κ3) is 3.27. The second kappa shape index (κ2) is 5.76. The van der Waals surface area contributed by atoms with E-state index in [2.05, 4.69) is 10.5 Å². The van der Waals surface area contributed by atoms with E-state index in [0.717, 1.165) is 0 Å². The predicted octanol–water partition coefficient (Wildman–Crippen LogP) is 1.73. The molecule has 0 aliphatic heterocycles. The van der Waals surface area contributed by atoms with Crippen LogP contribution in [0.2, 0.25) is 0 Å². The maximum Gasteiger partial charge on any atom is 0.282 e. The van der Waals surface area contributed by atoms with E-state index in [-0.39, 0.29) is 11.3 Å². The van der Waals surface area contributed by atoms with Gasteiger partial charge in [-0.1, -0.05) is 0 Å². The fraction of sp³-hybridized carbons (Fsp3) is 0.273. The molecule has 1 N–H and O–H groups in total. The fourth-order valence-corrected chi connectivity index (χ4v) is 1.21. The van der Waals surface area contributed by atoms with Gasteiger partial charge < -0.3 is 4.74 Å². The average molecular weight is 251 g/mol. The third-order valence-electron chi connectivity index (χ3n) is 2.03. The monoisotopic (exact) mass is 251 g/mol. The van der Waals surface area contributed by atoms with Gasteiger partial charge in [-0.25, -0.2) is 5.43 Å². The Balaban J connectivity index is 3.14. The Morgan fingerprint density at radius 1 is 1.44 bits per heavy atom. The zero-order valence-corrected chi connectivity index (χ0v) is 10.3. The van der Waals surface area contributed by atoms with Crippen LogP contribution in [-0.4, -0.2) is 23.7 Å². The maximum atomic E-state index is 11.8. The van der Waals surface area contributed by atoms with Crippen molar-refractivity contribution in [1.29, 1.82) is 0 Å². The molecule has 18 heavy (non-hydrogen) atoms. The second-order valence-corrected chi connectivity index (χ2v) is 3.64. The number of rotatable bonds is 4. The first-order valence-electron chi connectivity index (χ1n) is 5.09. The van der Waals surface area contributed by atoms with E-state index < -0.39 is 10.8 Å². The van der Waals surface area contributed by atoms with Gasteiger partial charge in [-0.3, -0.25) is 14.9 Å². The maximum absolute atomic E-state index is 11.8. The Hall–Kier alpha value is -2.44. The molecule has 0 aliphatic carbocycles. The van der Waals surface area contributed by atoms with Crippen LogP contribution in [-0.2, 0) is 0 Å². The molecule has 7 nitrogen and oxygen atoms in total. The highest BCUT2D eigenvalue weighted by molar-refractivity contribution is 5.99. The molecular weight excluding hydrogens is 238 g/mol. The Bertz CT molecular complexity index is 507. The van der Waals surface area contributed by atoms with Gasteiger partial charge in [0.1, 0.15) is 11.3 Å². The Labute approximate surface area is 104 Å². The van der Waals surface area contributed by atoms with Crippen molar-refractivity contribution in [2.75, 3.05) is 7.11 Å². The number of carbonyl (C=O) groups is 1. The number of carbonyl (C=O) groups excluding carboxylic acids is 1. The van der Waals surface area contributed by atoms with Gasteiger partial charge >= 0.3 is 0 Å². The standard InChI is InChI=1S/C11H13N3O4/c1-7(2)12-13-11(15)9-6-8(18-3)4-5-10(9)14(16)17/h4-6H,1-3H3,(H,13,15). The fourth-order valence-electron chi connectivity index (χ4n) is 1.21. The number of nitrogens with zero attached hydrogens (tertiary/aromatic N) is 2. The molecule has 0 aliphatic rings. The number of hydrogen-bond donors (Lipinski definition) is 1. The van der Waals surface area contributed by atoms with Crippen molar-refractivity contribution in [3.63, 3.8) is 0 Å². The molecule has 0 atom stereocenters.